The highest BCUT2D eigenvalue weighted by atomic mass is 16.5. The first-order valence-corrected chi connectivity index (χ1v) is 7.20. The van der Waals surface area contributed by atoms with Gasteiger partial charge in [-0.15, -0.1) is 0 Å². The Morgan fingerprint density at radius 3 is 2.44 bits per heavy atom. The Morgan fingerprint density at radius 1 is 1.28 bits per heavy atom. The highest BCUT2D eigenvalue weighted by Gasteiger charge is 2.36. The molecule has 4 nitrogen and oxygen atoms in total. The number of carbonyl (C=O) groups excluding carboxylic acids is 1. The van der Waals surface area contributed by atoms with Crippen LogP contribution in [0, 0.1) is 0 Å². The summed E-state index contributed by atoms with van der Waals surface area (Å²) in [6.07, 6.45) is 4.89. The lowest BCUT2D eigenvalue weighted by molar-refractivity contribution is -0.143. The first kappa shape index (κ1) is 15.4. The number of rotatable bonds is 7. The molecule has 0 saturated carbocycles. The van der Waals surface area contributed by atoms with Crippen LogP contribution in [-0.4, -0.2) is 49.7 Å². The molecular weight excluding hydrogens is 228 g/mol. The minimum absolute atomic E-state index is 0.0344. The van der Waals surface area contributed by atoms with E-state index in [0.29, 0.717) is 6.42 Å². The van der Waals surface area contributed by atoms with E-state index in [4.69, 9.17) is 4.74 Å². The predicted octanol–water partition coefficient (Wildman–Crippen LogP) is 1.79. The van der Waals surface area contributed by atoms with Gasteiger partial charge in [-0.2, -0.15) is 0 Å². The second kappa shape index (κ2) is 7.74. The quantitative estimate of drug-likeness (QED) is 0.705. The maximum atomic E-state index is 11.6. The second-order valence-corrected chi connectivity index (χ2v) is 5.30. The maximum Gasteiger partial charge on any atom is 0.307 e. The van der Waals surface area contributed by atoms with Crippen molar-refractivity contribution in [3.05, 3.63) is 0 Å². The van der Waals surface area contributed by atoms with Crippen molar-refractivity contribution in [3.63, 3.8) is 0 Å². The molecule has 1 fully saturated rings. The molecular formula is C14H28N2O2. The number of esters is 1. The van der Waals surface area contributed by atoms with Crippen LogP contribution >= 0.6 is 0 Å². The molecule has 0 aromatic carbocycles. The zero-order valence-electron chi connectivity index (χ0n) is 12.1. The molecule has 1 aliphatic rings. The summed E-state index contributed by atoms with van der Waals surface area (Å²) < 4.78 is 4.84. The van der Waals surface area contributed by atoms with E-state index in [1.54, 1.807) is 0 Å². The number of likely N-dealkylation sites (tertiary alicyclic amines) is 1. The summed E-state index contributed by atoms with van der Waals surface area (Å²) in [5.74, 6) is -0.0949. The molecule has 18 heavy (non-hydrogen) atoms. The number of ether oxygens (including phenoxy) is 1. The number of nitrogens with one attached hydrogen (secondary N) is 1. The van der Waals surface area contributed by atoms with Crippen LogP contribution in [0.2, 0.25) is 0 Å². The third kappa shape index (κ3) is 4.58. The first-order valence-electron chi connectivity index (χ1n) is 7.20. The van der Waals surface area contributed by atoms with E-state index in [0.717, 1.165) is 38.9 Å². The van der Waals surface area contributed by atoms with Gasteiger partial charge in [0.25, 0.3) is 0 Å². The summed E-state index contributed by atoms with van der Waals surface area (Å²) in [5, 5.41) is 3.59. The van der Waals surface area contributed by atoms with Gasteiger partial charge in [0.15, 0.2) is 0 Å². The van der Waals surface area contributed by atoms with Gasteiger partial charge in [-0.05, 0) is 51.9 Å². The fourth-order valence-corrected chi connectivity index (χ4v) is 2.68. The first-order chi connectivity index (χ1) is 8.65. The summed E-state index contributed by atoms with van der Waals surface area (Å²) in [6.45, 7) is 8.69. The fourth-order valence-electron chi connectivity index (χ4n) is 2.68. The molecule has 1 saturated heterocycles. The van der Waals surface area contributed by atoms with Gasteiger partial charge in [0, 0.05) is 5.54 Å². The lowest BCUT2D eigenvalue weighted by atomic mass is 9.84. The zero-order chi connectivity index (χ0) is 13.4. The van der Waals surface area contributed by atoms with E-state index < -0.39 is 0 Å². The molecule has 1 aliphatic heterocycles. The molecule has 0 unspecified atom stereocenters. The van der Waals surface area contributed by atoms with E-state index in [1.807, 2.05) is 0 Å². The summed E-state index contributed by atoms with van der Waals surface area (Å²) in [4.78, 5) is 14.1. The van der Waals surface area contributed by atoms with Gasteiger partial charge in [-0.1, -0.05) is 13.8 Å². The number of carbonyl (C=O) groups is 1. The number of hydrogen-bond acceptors (Lipinski definition) is 4. The van der Waals surface area contributed by atoms with Gasteiger partial charge in [0.1, 0.15) is 0 Å². The van der Waals surface area contributed by atoms with E-state index in [1.165, 1.54) is 20.1 Å². The Bertz CT molecular complexity index is 248. The molecule has 4 heteroatoms. The molecule has 0 aromatic heterocycles. The summed E-state index contributed by atoms with van der Waals surface area (Å²) in [7, 11) is 1.47. The average Bonchev–Trinajstić information content (AvgIpc) is 2.39. The smallest absolute Gasteiger partial charge is 0.307 e. The van der Waals surface area contributed by atoms with Crippen molar-refractivity contribution in [1.29, 1.82) is 0 Å². The van der Waals surface area contributed by atoms with Crippen molar-refractivity contribution in [1.82, 2.24) is 10.2 Å². The number of methoxy groups -OCH3 is 1. The van der Waals surface area contributed by atoms with Crippen LogP contribution in [0.4, 0.5) is 0 Å². The van der Waals surface area contributed by atoms with Crippen LogP contribution in [0.1, 0.15) is 46.0 Å². The zero-order valence-corrected chi connectivity index (χ0v) is 12.1. The molecule has 1 heterocycles. The van der Waals surface area contributed by atoms with Gasteiger partial charge in [-0.3, -0.25) is 4.79 Å². The molecule has 0 aliphatic carbocycles. The van der Waals surface area contributed by atoms with Crippen LogP contribution in [0.3, 0.4) is 0 Å². The van der Waals surface area contributed by atoms with Crippen LogP contribution < -0.4 is 5.32 Å². The van der Waals surface area contributed by atoms with Crippen LogP contribution in [0.5, 0.6) is 0 Å². The minimum Gasteiger partial charge on any atom is -0.469 e. The monoisotopic (exact) mass is 256 g/mol. The Morgan fingerprint density at radius 2 is 1.94 bits per heavy atom. The number of nitrogens with zero attached hydrogens (tertiary/aromatic N) is 1. The second-order valence-electron chi connectivity index (χ2n) is 5.30. The third-order valence-corrected chi connectivity index (χ3v) is 3.81. The SMILES string of the molecule is CCCNC1(CC(=O)OC)CCN(CCC)CC1. The molecule has 0 amide bonds. The summed E-state index contributed by atoms with van der Waals surface area (Å²) in [5.41, 5.74) is -0.0344. The Labute approximate surface area is 111 Å². The van der Waals surface area contributed by atoms with Crippen molar-refractivity contribution >= 4 is 5.97 Å². The van der Waals surface area contributed by atoms with E-state index in [9.17, 15) is 4.79 Å². The van der Waals surface area contributed by atoms with Gasteiger partial charge < -0.3 is 15.0 Å². The van der Waals surface area contributed by atoms with Gasteiger partial charge in [0.2, 0.25) is 0 Å². The fraction of sp³-hybridized carbons (Fsp3) is 0.929. The number of hydrogen-bond donors (Lipinski definition) is 1. The average molecular weight is 256 g/mol. The molecule has 0 bridgehead atoms. The predicted molar refractivity (Wildman–Crippen MR) is 73.6 cm³/mol. The Balaban J connectivity index is 2.54. The van der Waals surface area contributed by atoms with Crippen molar-refractivity contribution in [2.24, 2.45) is 0 Å². The third-order valence-electron chi connectivity index (χ3n) is 3.81. The molecule has 1 N–H and O–H groups in total. The highest BCUT2D eigenvalue weighted by molar-refractivity contribution is 5.70. The van der Waals surface area contributed by atoms with E-state index in [2.05, 4.69) is 24.1 Å². The normalized spacial score (nSPS) is 19.7. The highest BCUT2D eigenvalue weighted by Crippen LogP contribution is 2.26. The lowest BCUT2D eigenvalue weighted by Gasteiger charge is -2.42. The van der Waals surface area contributed by atoms with Gasteiger partial charge >= 0.3 is 5.97 Å². The molecule has 0 aromatic rings. The van der Waals surface area contributed by atoms with Crippen molar-refractivity contribution < 1.29 is 9.53 Å². The minimum atomic E-state index is -0.0949. The van der Waals surface area contributed by atoms with Crippen molar-refractivity contribution in [2.45, 2.75) is 51.5 Å². The van der Waals surface area contributed by atoms with Crippen LogP contribution in [0.25, 0.3) is 0 Å². The number of piperidine rings is 1. The van der Waals surface area contributed by atoms with E-state index in [-0.39, 0.29) is 11.5 Å². The molecule has 0 radical (unpaired) electrons. The lowest BCUT2D eigenvalue weighted by Crippen LogP contribution is -2.54. The Hall–Kier alpha value is -0.610. The van der Waals surface area contributed by atoms with Crippen molar-refractivity contribution in [2.75, 3.05) is 33.3 Å². The van der Waals surface area contributed by atoms with Gasteiger partial charge in [0.05, 0.1) is 13.5 Å². The van der Waals surface area contributed by atoms with Crippen LogP contribution in [-0.2, 0) is 9.53 Å². The topological polar surface area (TPSA) is 41.6 Å². The standard InChI is InChI=1S/C14H28N2O2/c1-4-8-15-14(12-13(17)18-3)6-10-16(9-5-2)11-7-14/h15H,4-12H2,1-3H3. The Kier molecular flexibility index (Phi) is 6.65. The molecule has 0 spiro atoms. The largest absolute Gasteiger partial charge is 0.469 e. The molecule has 0 atom stereocenters. The van der Waals surface area contributed by atoms with Crippen molar-refractivity contribution in [3.8, 4) is 0 Å². The molecule has 1 rings (SSSR count). The summed E-state index contributed by atoms with van der Waals surface area (Å²) >= 11 is 0. The molecule has 106 valence electrons. The van der Waals surface area contributed by atoms with E-state index >= 15 is 0 Å². The summed E-state index contributed by atoms with van der Waals surface area (Å²) in [6, 6.07) is 0. The van der Waals surface area contributed by atoms with Gasteiger partial charge in [-0.25, -0.2) is 0 Å². The maximum absolute atomic E-state index is 11.6. The van der Waals surface area contributed by atoms with Crippen LogP contribution in [0.15, 0.2) is 0 Å².